The van der Waals surface area contributed by atoms with Gasteiger partial charge in [-0.3, -0.25) is 0 Å². The lowest BCUT2D eigenvalue weighted by atomic mass is 9.83. The van der Waals surface area contributed by atoms with Crippen molar-refractivity contribution in [3.05, 3.63) is 203 Å². The first-order chi connectivity index (χ1) is 21.7. The molecule has 0 spiro atoms. The van der Waals surface area contributed by atoms with Gasteiger partial charge in [0.15, 0.2) is 11.2 Å². The topological polar surface area (TPSA) is 18.5 Å². The molecule has 0 aromatic heterocycles. The molecule has 2 heterocycles. The maximum atomic E-state index is 6.97. The van der Waals surface area contributed by atoms with Gasteiger partial charge in [-0.05, 0) is 41.5 Å². The van der Waals surface area contributed by atoms with Gasteiger partial charge in [-0.15, -0.1) is 0 Å². The second-order valence-corrected chi connectivity index (χ2v) is 11.3. The molecule has 6 aromatic rings. The van der Waals surface area contributed by atoms with Crippen molar-refractivity contribution in [3.8, 4) is 22.6 Å². The summed E-state index contributed by atoms with van der Waals surface area (Å²) in [5.74, 6) is 1.71. The molecule has 0 aliphatic carbocycles. The van der Waals surface area contributed by atoms with E-state index in [0.717, 1.165) is 56.0 Å². The highest BCUT2D eigenvalue weighted by molar-refractivity contribution is 5.76. The summed E-state index contributed by atoms with van der Waals surface area (Å²) in [7, 11) is 0. The summed E-state index contributed by atoms with van der Waals surface area (Å²) in [5.41, 5.74) is 7.28. The number of hydrogen-bond acceptors (Lipinski definition) is 2. The number of hydrogen-bond donors (Lipinski definition) is 0. The summed E-state index contributed by atoms with van der Waals surface area (Å²) in [6.45, 7) is 0. The molecule has 2 aliphatic heterocycles. The average Bonchev–Trinajstić information content (AvgIpc) is 3.12. The van der Waals surface area contributed by atoms with Crippen LogP contribution < -0.4 is 9.47 Å². The van der Waals surface area contributed by atoms with E-state index in [2.05, 4.69) is 158 Å². The minimum Gasteiger partial charge on any atom is -0.473 e. The van der Waals surface area contributed by atoms with E-state index in [1.807, 2.05) is 24.3 Å². The standard InChI is InChI=1S/C42H30O2/c1-5-13-35(14-6-1)41(36-15-7-2-8-16-36)28-26-34-29-32(23-24-39(34)43-41)33-22-21-31-25-27-42(44-40(31)30-33,37-17-9-3-10-18-37)38-19-11-4-12-20-38/h1-30H. The smallest absolute Gasteiger partial charge is 0.178 e. The van der Waals surface area contributed by atoms with E-state index in [9.17, 15) is 0 Å². The first kappa shape index (κ1) is 26.1. The molecule has 44 heavy (non-hydrogen) atoms. The maximum Gasteiger partial charge on any atom is 0.178 e. The predicted octanol–water partition coefficient (Wildman–Crippen LogP) is 10.1. The Hall–Kier alpha value is -5.60. The van der Waals surface area contributed by atoms with Crippen molar-refractivity contribution in [2.75, 3.05) is 0 Å². The number of ether oxygens (including phenoxy) is 2. The Morgan fingerprint density at radius 2 is 0.750 bits per heavy atom. The third-order valence-electron chi connectivity index (χ3n) is 8.70. The monoisotopic (exact) mass is 566 g/mol. The molecule has 2 heteroatoms. The summed E-state index contributed by atoms with van der Waals surface area (Å²) >= 11 is 0. The first-order valence-corrected chi connectivity index (χ1v) is 15.0. The molecule has 0 amide bonds. The Kier molecular flexibility index (Phi) is 6.27. The van der Waals surface area contributed by atoms with Crippen molar-refractivity contribution in [2.45, 2.75) is 11.2 Å². The third kappa shape index (κ3) is 4.35. The number of fused-ring (bicyclic) bond motifs is 2. The molecule has 6 aromatic carbocycles. The maximum absolute atomic E-state index is 6.97. The summed E-state index contributed by atoms with van der Waals surface area (Å²) in [6.07, 6.45) is 8.72. The Morgan fingerprint density at radius 1 is 0.341 bits per heavy atom. The summed E-state index contributed by atoms with van der Waals surface area (Å²) in [4.78, 5) is 0. The van der Waals surface area contributed by atoms with Gasteiger partial charge in [0.25, 0.3) is 0 Å². The van der Waals surface area contributed by atoms with Crippen LogP contribution in [0.15, 0.2) is 170 Å². The second kappa shape index (κ2) is 10.6. The van der Waals surface area contributed by atoms with Gasteiger partial charge < -0.3 is 9.47 Å². The largest absolute Gasteiger partial charge is 0.473 e. The average molecular weight is 567 g/mol. The molecule has 0 saturated carbocycles. The lowest BCUT2D eigenvalue weighted by molar-refractivity contribution is 0.161. The first-order valence-electron chi connectivity index (χ1n) is 15.0. The zero-order valence-corrected chi connectivity index (χ0v) is 24.1. The second-order valence-electron chi connectivity index (χ2n) is 11.3. The van der Waals surface area contributed by atoms with Crippen LogP contribution in [0, 0.1) is 0 Å². The van der Waals surface area contributed by atoms with Crippen LogP contribution in [0.1, 0.15) is 33.4 Å². The molecular formula is C42H30O2. The lowest BCUT2D eigenvalue weighted by Gasteiger charge is -2.36. The van der Waals surface area contributed by atoms with Gasteiger partial charge in [-0.25, -0.2) is 0 Å². The summed E-state index contributed by atoms with van der Waals surface area (Å²) < 4.78 is 13.8. The summed E-state index contributed by atoms with van der Waals surface area (Å²) in [5, 5.41) is 0. The summed E-state index contributed by atoms with van der Waals surface area (Å²) in [6, 6.07) is 54.6. The van der Waals surface area contributed by atoms with Crippen LogP contribution in [-0.4, -0.2) is 0 Å². The van der Waals surface area contributed by atoms with E-state index in [1.165, 1.54) is 0 Å². The van der Waals surface area contributed by atoms with E-state index in [0.29, 0.717) is 0 Å². The Bertz CT molecular complexity index is 1910. The van der Waals surface area contributed by atoms with E-state index in [-0.39, 0.29) is 0 Å². The van der Waals surface area contributed by atoms with Crippen molar-refractivity contribution < 1.29 is 9.47 Å². The van der Waals surface area contributed by atoms with Gasteiger partial charge in [0, 0.05) is 33.4 Å². The van der Waals surface area contributed by atoms with Gasteiger partial charge in [0.1, 0.15) is 11.5 Å². The van der Waals surface area contributed by atoms with Crippen molar-refractivity contribution >= 4 is 12.2 Å². The highest BCUT2D eigenvalue weighted by Crippen LogP contribution is 2.45. The zero-order chi connectivity index (χ0) is 29.4. The van der Waals surface area contributed by atoms with Gasteiger partial charge in [0.2, 0.25) is 0 Å². The highest BCUT2D eigenvalue weighted by atomic mass is 16.5. The van der Waals surface area contributed by atoms with E-state index >= 15 is 0 Å². The van der Waals surface area contributed by atoms with Gasteiger partial charge in [0.05, 0.1) is 0 Å². The molecule has 210 valence electrons. The van der Waals surface area contributed by atoms with Crippen molar-refractivity contribution in [1.29, 1.82) is 0 Å². The molecule has 0 fully saturated rings. The van der Waals surface area contributed by atoms with Crippen LogP contribution in [0.4, 0.5) is 0 Å². The van der Waals surface area contributed by atoms with Gasteiger partial charge in [-0.1, -0.05) is 152 Å². The fourth-order valence-corrected chi connectivity index (χ4v) is 6.42. The number of benzene rings is 6. The van der Waals surface area contributed by atoms with E-state index in [4.69, 9.17) is 9.47 Å². The molecule has 0 unspecified atom stereocenters. The van der Waals surface area contributed by atoms with Crippen LogP contribution in [-0.2, 0) is 11.2 Å². The number of rotatable bonds is 5. The minimum absolute atomic E-state index is 0.693. The molecule has 0 atom stereocenters. The highest BCUT2D eigenvalue weighted by Gasteiger charge is 2.38. The molecule has 0 radical (unpaired) electrons. The fraction of sp³-hybridized carbons (Fsp3) is 0.0476. The van der Waals surface area contributed by atoms with Gasteiger partial charge >= 0.3 is 0 Å². The van der Waals surface area contributed by atoms with Crippen LogP contribution >= 0.6 is 0 Å². The van der Waals surface area contributed by atoms with E-state index in [1.54, 1.807) is 0 Å². The molecule has 0 N–H and O–H groups in total. The Balaban J connectivity index is 1.17. The zero-order valence-electron chi connectivity index (χ0n) is 24.1. The van der Waals surface area contributed by atoms with Crippen molar-refractivity contribution in [3.63, 3.8) is 0 Å². The lowest BCUT2D eigenvalue weighted by Crippen LogP contribution is -2.34. The molecule has 0 saturated heterocycles. The molecular weight excluding hydrogens is 536 g/mol. The SMILES string of the molecule is C1=CC(c2ccccc2)(c2ccccc2)Oc2ccc(-c3ccc4c(c3)OC(c3ccccc3)(c3ccccc3)C=C4)cc21. The van der Waals surface area contributed by atoms with Gasteiger partial charge in [-0.2, -0.15) is 0 Å². The Morgan fingerprint density at radius 3 is 1.25 bits per heavy atom. The molecule has 2 nitrogen and oxygen atoms in total. The molecule has 8 rings (SSSR count). The van der Waals surface area contributed by atoms with Crippen molar-refractivity contribution in [1.82, 2.24) is 0 Å². The predicted molar refractivity (Wildman–Crippen MR) is 179 cm³/mol. The molecule has 2 aliphatic rings. The van der Waals surface area contributed by atoms with E-state index < -0.39 is 11.2 Å². The van der Waals surface area contributed by atoms with Crippen LogP contribution in [0.5, 0.6) is 11.5 Å². The van der Waals surface area contributed by atoms with Crippen molar-refractivity contribution in [2.24, 2.45) is 0 Å². The fourth-order valence-electron chi connectivity index (χ4n) is 6.42. The van der Waals surface area contributed by atoms with Crippen LogP contribution in [0.2, 0.25) is 0 Å². The quantitative estimate of drug-likeness (QED) is 0.207. The third-order valence-corrected chi connectivity index (χ3v) is 8.70. The Labute approximate surface area is 258 Å². The van der Waals surface area contributed by atoms with Crippen LogP contribution in [0.25, 0.3) is 23.3 Å². The minimum atomic E-state index is -0.710. The molecule has 0 bridgehead atoms. The normalized spacial score (nSPS) is 15.4. The van der Waals surface area contributed by atoms with Crippen LogP contribution in [0.3, 0.4) is 0 Å².